The molecule has 0 amide bonds. The predicted molar refractivity (Wildman–Crippen MR) is 83.0 cm³/mol. The Hall–Kier alpha value is -1.65. The summed E-state index contributed by atoms with van der Waals surface area (Å²) in [6.45, 7) is 2.04. The van der Waals surface area contributed by atoms with Crippen molar-refractivity contribution in [1.82, 2.24) is 0 Å². The third kappa shape index (κ3) is 3.42. The van der Waals surface area contributed by atoms with Crippen molar-refractivity contribution in [2.45, 2.75) is 6.92 Å². The molecule has 0 N–H and O–H groups in total. The number of allylic oxidation sites excluding steroid dienone is 3. The molecule has 0 aliphatic rings. The molecule has 0 aromatic heterocycles. The van der Waals surface area contributed by atoms with Gasteiger partial charge in [0.2, 0.25) is 0 Å². The molecule has 18 heavy (non-hydrogen) atoms. The van der Waals surface area contributed by atoms with Crippen LogP contribution in [0.1, 0.15) is 6.92 Å². The summed E-state index contributed by atoms with van der Waals surface area (Å²) < 4.78 is 0. The van der Waals surface area contributed by atoms with Crippen LogP contribution < -0.4 is 10.6 Å². The van der Waals surface area contributed by atoms with Gasteiger partial charge in [-0.05, 0) is 25.5 Å². The van der Waals surface area contributed by atoms with E-state index in [1.54, 1.807) is 0 Å². The Morgan fingerprint density at radius 2 is 1.22 bits per heavy atom. The summed E-state index contributed by atoms with van der Waals surface area (Å²) in [6, 6.07) is 21.4. The molecule has 0 radical (unpaired) electrons. The lowest BCUT2D eigenvalue weighted by molar-refractivity contribution is 1.73. The zero-order valence-electron chi connectivity index (χ0n) is 10.5. The molecule has 0 bridgehead atoms. The molecule has 0 aliphatic carbocycles. The molecular weight excluding hydrogens is 235 g/mol. The van der Waals surface area contributed by atoms with Crippen LogP contribution in [-0.4, -0.2) is 0 Å². The molecule has 0 aliphatic heterocycles. The van der Waals surface area contributed by atoms with Crippen molar-refractivity contribution in [2.75, 3.05) is 0 Å². The largest absolute Gasteiger partial charge is 0.0877 e. The van der Waals surface area contributed by atoms with Crippen LogP contribution in [0.5, 0.6) is 0 Å². The molecule has 0 unspecified atom stereocenters. The fourth-order valence-electron chi connectivity index (χ4n) is 1.75. The second kappa shape index (κ2) is 6.93. The second-order valence-electron chi connectivity index (χ2n) is 3.91. The summed E-state index contributed by atoms with van der Waals surface area (Å²) in [4.78, 5) is 0. The van der Waals surface area contributed by atoms with Gasteiger partial charge in [0.25, 0.3) is 0 Å². The molecular formula is C17H17P. The van der Waals surface area contributed by atoms with Crippen LogP contribution in [0.3, 0.4) is 0 Å². The van der Waals surface area contributed by atoms with Crippen molar-refractivity contribution in [3.8, 4) is 0 Å². The highest BCUT2D eigenvalue weighted by Gasteiger charge is 2.08. The van der Waals surface area contributed by atoms with Gasteiger partial charge in [-0.15, -0.1) is 0 Å². The van der Waals surface area contributed by atoms with Crippen LogP contribution in [0.15, 0.2) is 84.7 Å². The topological polar surface area (TPSA) is 0 Å². The van der Waals surface area contributed by atoms with Crippen LogP contribution in [0.2, 0.25) is 0 Å². The smallest absolute Gasteiger partial charge is 0.0157 e. The number of rotatable bonds is 4. The first-order valence-corrected chi connectivity index (χ1v) is 7.51. The molecule has 0 heterocycles. The van der Waals surface area contributed by atoms with Gasteiger partial charge in [-0.3, -0.25) is 0 Å². The molecule has 2 aromatic rings. The Morgan fingerprint density at radius 1 is 0.722 bits per heavy atom. The van der Waals surface area contributed by atoms with Crippen molar-refractivity contribution < 1.29 is 0 Å². The van der Waals surface area contributed by atoms with Gasteiger partial charge in [0, 0.05) is 0 Å². The van der Waals surface area contributed by atoms with Gasteiger partial charge in [0.15, 0.2) is 0 Å². The monoisotopic (exact) mass is 252 g/mol. The zero-order valence-corrected chi connectivity index (χ0v) is 11.4. The highest BCUT2D eigenvalue weighted by Crippen LogP contribution is 2.34. The average molecular weight is 252 g/mol. The van der Waals surface area contributed by atoms with E-state index in [0.717, 1.165) is 0 Å². The summed E-state index contributed by atoms with van der Waals surface area (Å²) in [6.07, 6.45) is 6.28. The van der Waals surface area contributed by atoms with Gasteiger partial charge < -0.3 is 0 Å². The first-order valence-electron chi connectivity index (χ1n) is 6.10. The number of hydrogen-bond donors (Lipinski definition) is 0. The molecule has 0 spiro atoms. The van der Waals surface area contributed by atoms with E-state index in [1.165, 1.54) is 10.6 Å². The maximum atomic E-state index is 2.31. The summed E-state index contributed by atoms with van der Waals surface area (Å²) in [7, 11) is -0.394. The standard InChI is InChI=1S/C17H17P/c1-2-3-10-15-18(16-11-6-4-7-12-16)17-13-8-5-9-14-17/h2-15H,1H3/b3-2-,15-10-. The van der Waals surface area contributed by atoms with Crippen molar-refractivity contribution in [2.24, 2.45) is 0 Å². The van der Waals surface area contributed by atoms with E-state index in [4.69, 9.17) is 0 Å². The maximum Gasteiger partial charge on any atom is -0.0157 e. The second-order valence-corrected chi connectivity index (χ2v) is 5.98. The van der Waals surface area contributed by atoms with Gasteiger partial charge in [-0.2, -0.15) is 0 Å². The van der Waals surface area contributed by atoms with Gasteiger partial charge in [-0.25, -0.2) is 0 Å². The third-order valence-electron chi connectivity index (χ3n) is 2.61. The van der Waals surface area contributed by atoms with Crippen LogP contribution in [-0.2, 0) is 0 Å². The van der Waals surface area contributed by atoms with Crippen molar-refractivity contribution in [3.63, 3.8) is 0 Å². The lowest BCUT2D eigenvalue weighted by Crippen LogP contribution is -2.09. The Morgan fingerprint density at radius 3 is 1.67 bits per heavy atom. The molecule has 0 nitrogen and oxygen atoms in total. The fraction of sp³-hybridized carbons (Fsp3) is 0.0588. The highest BCUT2D eigenvalue weighted by molar-refractivity contribution is 7.75. The van der Waals surface area contributed by atoms with E-state index in [2.05, 4.69) is 84.7 Å². The summed E-state index contributed by atoms with van der Waals surface area (Å²) in [5.41, 5.74) is 0. The molecule has 2 rings (SSSR count). The molecule has 0 atom stereocenters. The van der Waals surface area contributed by atoms with E-state index >= 15 is 0 Å². The highest BCUT2D eigenvalue weighted by atomic mass is 31.1. The average Bonchev–Trinajstić information content (AvgIpc) is 2.46. The minimum atomic E-state index is -0.394. The summed E-state index contributed by atoms with van der Waals surface area (Å²) >= 11 is 0. The fourth-order valence-corrected chi connectivity index (χ4v) is 3.65. The molecule has 0 saturated carbocycles. The van der Waals surface area contributed by atoms with Crippen LogP contribution in [0.25, 0.3) is 0 Å². The van der Waals surface area contributed by atoms with Gasteiger partial charge >= 0.3 is 0 Å². The van der Waals surface area contributed by atoms with Crippen molar-refractivity contribution in [1.29, 1.82) is 0 Å². The Labute approximate surface area is 110 Å². The third-order valence-corrected chi connectivity index (χ3v) is 4.79. The molecule has 0 saturated heterocycles. The molecule has 2 aromatic carbocycles. The van der Waals surface area contributed by atoms with E-state index in [0.29, 0.717) is 0 Å². The number of hydrogen-bond acceptors (Lipinski definition) is 0. The quantitative estimate of drug-likeness (QED) is 0.565. The lowest BCUT2D eigenvalue weighted by Gasteiger charge is -2.13. The summed E-state index contributed by atoms with van der Waals surface area (Å²) in [5.74, 6) is 2.31. The lowest BCUT2D eigenvalue weighted by atomic mass is 10.4. The molecule has 0 fully saturated rings. The van der Waals surface area contributed by atoms with Crippen LogP contribution in [0.4, 0.5) is 0 Å². The van der Waals surface area contributed by atoms with E-state index in [1.807, 2.05) is 6.92 Å². The summed E-state index contributed by atoms with van der Waals surface area (Å²) in [5, 5.41) is 2.78. The van der Waals surface area contributed by atoms with Gasteiger partial charge in [0.1, 0.15) is 0 Å². The first kappa shape index (κ1) is 12.8. The maximum absolute atomic E-state index is 2.31. The van der Waals surface area contributed by atoms with Crippen molar-refractivity contribution in [3.05, 3.63) is 84.7 Å². The molecule has 1 heteroatoms. The number of benzene rings is 2. The Kier molecular flexibility index (Phi) is 4.93. The van der Waals surface area contributed by atoms with E-state index < -0.39 is 7.92 Å². The molecule has 90 valence electrons. The van der Waals surface area contributed by atoms with Gasteiger partial charge in [-0.1, -0.05) is 84.7 Å². The van der Waals surface area contributed by atoms with E-state index in [9.17, 15) is 0 Å². The SMILES string of the molecule is C/C=C\C=C/P(c1ccccc1)c1ccccc1. The zero-order chi connectivity index (χ0) is 12.6. The van der Waals surface area contributed by atoms with Crippen LogP contribution in [0, 0.1) is 0 Å². The predicted octanol–water partition coefficient (Wildman–Crippen LogP) is 4.21. The van der Waals surface area contributed by atoms with Crippen LogP contribution >= 0.6 is 7.92 Å². The Bertz CT molecular complexity index is 472. The Balaban J connectivity index is 2.35. The normalized spacial score (nSPS) is 11.7. The van der Waals surface area contributed by atoms with Crippen molar-refractivity contribution >= 4 is 18.5 Å². The minimum absolute atomic E-state index is 0.394. The van der Waals surface area contributed by atoms with Gasteiger partial charge in [0.05, 0.1) is 0 Å². The first-order chi connectivity index (χ1) is 8.92. The minimum Gasteiger partial charge on any atom is -0.0877 e. The van der Waals surface area contributed by atoms with E-state index in [-0.39, 0.29) is 0 Å².